The minimum atomic E-state index is -4.62. The first-order chi connectivity index (χ1) is 19.2. The van der Waals surface area contributed by atoms with E-state index in [1.165, 1.54) is 31.5 Å². The van der Waals surface area contributed by atoms with Gasteiger partial charge >= 0.3 is 6.18 Å². The topological polar surface area (TPSA) is 120 Å². The molecule has 41 heavy (non-hydrogen) atoms. The molecule has 0 aromatic heterocycles. The lowest BCUT2D eigenvalue weighted by molar-refractivity contribution is -0.362. The standard InChI is InChI=1S/C29H37F3N6O3/c1-8-37(5)16-22-12-23(29(30,31)32)14-25(27(22)41-7)36-28(39)20-10-9-18(2)26(13-20)38(34)17-24(33)21(15-35-4)11-19(3)40-6/h9-15,17H,4,8,16,33-34H2,1-3,5-7H3,(H,36,39)/p+1/b19-11+,21-15+,24-17-. The van der Waals surface area contributed by atoms with Gasteiger partial charge in [0.25, 0.3) is 5.91 Å². The van der Waals surface area contributed by atoms with Gasteiger partial charge in [-0.1, -0.05) is 13.0 Å². The van der Waals surface area contributed by atoms with Crippen molar-refractivity contribution >= 4 is 24.0 Å². The zero-order chi connectivity index (χ0) is 30.9. The Labute approximate surface area is 238 Å². The molecule has 0 fully saturated rings. The fourth-order valence-corrected chi connectivity index (χ4v) is 3.82. The van der Waals surface area contributed by atoms with Crippen molar-refractivity contribution < 1.29 is 32.4 Å². The number of nitrogens with two attached hydrogens (primary N) is 2. The minimum absolute atomic E-state index is 0.0987. The number of amides is 1. The number of carbonyl (C=O) groups excluding carboxylic acids is 1. The Balaban J connectivity index is 2.49. The molecule has 0 atom stereocenters. The zero-order valence-corrected chi connectivity index (χ0v) is 24.1. The Bertz CT molecular complexity index is 1350. The SMILES string of the molecule is C=[NH+]/C=C(\C=C(/C)OC)C(/N)=C/N(N)c1cc(C(=O)Nc2cc(C(F)(F)F)cc(CN(C)CC)c2OC)ccc1C. The van der Waals surface area contributed by atoms with Crippen LogP contribution in [0.25, 0.3) is 0 Å². The molecule has 0 saturated carbocycles. The number of nitrogens with one attached hydrogen (secondary N) is 2. The summed E-state index contributed by atoms with van der Waals surface area (Å²) in [5.41, 5.74) is 7.68. The number of halogens is 3. The molecule has 2 rings (SSSR count). The van der Waals surface area contributed by atoms with Crippen LogP contribution in [0.3, 0.4) is 0 Å². The number of alkyl halides is 3. The van der Waals surface area contributed by atoms with Gasteiger partial charge in [-0.2, -0.15) is 13.2 Å². The number of hydrogen-bond donors (Lipinski definition) is 4. The monoisotopic (exact) mass is 575 g/mol. The number of hydrogen-bond acceptors (Lipinski definition) is 7. The van der Waals surface area contributed by atoms with E-state index in [1.54, 1.807) is 45.3 Å². The molecule has 2 aromatic carbocycles. The lowest BCUT2D eigenvalue weighted by Crippen LogP contribution is -2.58. The number of allylic oxidation sites excluding steroid dienone is 2. The molecule has 0 unspecified atom stereocenters. The van der Waals surface area contributed by atoms with Gasteiger partial charge in [0.15, 0.2) is 6.20 Å². The van der Waals surface area contributed by atoms with Crippen molar-refractivity contribution in [3.05, 3.63) is 88.1 Å². The third-order valence-corrected chi connectivity index (χ3v) is 6.22. The zero-order valence-electron chi connectivity index (χ0n) is 24.1. The van der Waals surface area contributed by atoms with Crippen LogP contribution in [0, 0.1) is 6.92 Å². The van der Waals surface area contributed by atoms with Gasteiger partial charge in [0.2, 0.25) is 0 Å². The number of carbonyl (C=O) groups is 1. The summed E-state index contributed by atoms with van der Waals surface area (Å²) in [5, 5.41) is 3.83. The van der Waals surface area contributed by atoms with Crippen molar-refractivity contribution in [3.63, 3.8) is 0 Å². The van der Waals surface area contributed by atoms with Gasteiger partial charge < -0.3 is 25.4 Å². The predicted octanol–water partition coefficient (Wildman–Crippen LogP) is 3.42. The van der Waals surface area contributed by atoms with E-state index in [1.807, 2.05) is 11.8 Å². The molecule has 0 radical (unpaired) electrons. The van der Waals surface area contributed by atoms with E-state index < -0.39 is 17.6 Å². The second kappa shape index (κ2) is 14.4. The highest BCUT2D eigenvalue weighted by atomic mass is 19.4. The van der Waals surface area contributed by atoms with E-state index in [0.717, 1.165) is 17.7 Å². The van der Waals surface area contributed by atoms with Crippen LogP contribution in [0.1, 0.15) is 40.9 Å². The van der Waals surface area contributed by atoms with Gasteiger partial charge in [0.05, 0.1) is 48.2 Å². The first-order valence-electron chi connectivity index (χ1n) is 12.6. The third kappa shape index (κ3) is 8.85. The second-order valence-electron chi connectivity index (χ2n) is 9.25. The summed E-state index contributed by atoms with van der Waals surface area (Å²) in [5.74, 6) is 6.38. The van der Waals surface area contributed by atoms with Crippen molar-refractivity contribution in [2.24, 2.45) is 11.6 Å². The maximum atomic E-state index is 13.7. The number of benzene rings is 2. The fraction of sp³-hybridized carbons (Fsp3) is 0.310. The van der Waals surface area contributed by atoms with E-state index in [0.29, 0.717) is 29.1 Å². The average molecular weight is 576 g/mol. The maximum Gasteiger partial charge on any atom is 0.416 e. The second-order valence-corrected chi connectivity index (χ2v) is 9.25. The van der Waals surface area contributed by atoms with Gasteiger partial charge in [-0.05, 0) is 63.3 Å². The van der Waals surface area contributed by atoms with Crippen molar-refractivity contribution in [3.8, 4) is 5.75 Å². The van der Waals surface area contributed by atoms with Gasteiger partial charge in [-0.25, -0.2) is 10.8 Å². The summed E-state index contributed by atoms with van der Waals surface area (Å²) in [7, 11) is 4.64. The summed E-state index contributed by atoms with van der Waals surface area (Å²) in [6, 6.07) is 6.62. The van der Waals surface area contributed by atoms with Crippen LogP contribution in [0.15, 0.2) is 65.8 Å². The molecular formula is C29H38F3N6O3+. The highest BCUT2D eigenvalue weighted by Gasteiger charge is 2.33. The summed E-state index contributed by atoms with van der Waals surface area (Å²) in [6.45, 7) is 9.79. The van der Waals surface area contributed by atoms with Gasteiger partial charge in [0.1, 0.15) is 12.5 Å². The number of rotatable bonds is 12. The Morgan fingerprint density at radius 2 is 1.90 bits per heavy atom. The molecule has 0 spiro atoms. The van der Waals surface area contributed by atoms with Crippen molar-refractivity contribution in [2.75, 3.05) is 38.1 Å². The largest absolute Gasteiger partial charge is 0.501 e. The molecule has 0 heterocycles. The highest BCUT2D eigenvalue weighted by Crippen LogP contribution is 2.38. The molecule has 12 heteroatoms. The average Bonchev–Trinajstić information content (AvgIpc) is 2.91. The van der Waals surface area contributed by atoms with Crippen LogP contribution < -0.4 is 31.6 Å². The van der Waals surface area contributed by atoms with E-state index in [2.05, 4.69) is 17.0 Å². The van der Waals surface area contributed by atoms with E-state index in [9.17, 15) is 18.0 Å². The molecule has 2 aromatic rings. The summed E-state index contributed by atoms with van der Waals surface area (Å²) in [6.07, 6.45) is 0.0820. The lowest BCUT2D eigenvalue weighted by Gasteiger charge is -2.21. The van der Waals surface area contributed by atoms with Crippen LogP contribution in [0.4, 0.5) is 24.5 Å². The molecule has 0 aliphatic heterocycles. The highest BCUT2D eigenvalue weighted by molar-refractivity contribution is 6.06. The van der Waals surface area contributed by atoms with Crippen molar-refractivity contribution in [1.29, 1.82) is 0 Å². The number of nitrogens with zero attached hydrogens (tertiary/aromatic N) is 2. The Hall–Kier alpha value is -4.29. The number of hydrazine groups is 1. The van der Waals surface area contributed by atoms with Crippen LogP contribution in [-0.2, 0) is 17.5 Å². The van der Waals surface area contributed by atoms with Crippen LogP contribution in [0.5, 0.6) is 5.75 Å². The summed E-state index contributed by atoms with van der Waals surface area (Å²) >= 11 is 0. The van der Waals surface area contributed by atoms with Crippen LogP contribution in [-0.4, -0.2) is 45.3 Å². The molecule has 6 N–H and O–H groups in total. The lowest BCUT2D eigenvalue weighted by atomic mass is 10.1. The maximum absolute atomic E-state index is 13.7. The fourth-order valence-electron chi connectivity index (χ4n) is 3.82. The van der Waals surface area contributed by atoms with E-state index in [4.69, 9.17) is 21.1 Å². The van der Waals surface area contributed by atoms with E-state index >= 15 is 0 Å². The number of ether oxygens (including phenoxy) is 2. The number of aryl methyl sites for hydroxylation is 1. The number of anilines is 2. The van der Waals surface area contributed by atoms with Gasteiger partial charge in [-0.3, -0.25) is 9.80 Å². The first-order valence-corrected chi connectivity index (χ1v) is 12.6. The molecule has 9 nitrogen and oxygen atoms in total. The molecule has 0 aliphatic carbocycles. The molecule has 1 amide bonds. The minimum Gasteiger partial charge on any atom is -0.501 e. The Morgan fingerprint density at radius 3 is 2.46 bits per heavy atom. The van der Waals surface area contributed by atoms with Crippen LogP contribution in [0.2, 0.25) is 0 Å². The Morgan fingerprint density at radius 1 is 1.22 bits per heavy atom. The molecule has 222 valence electrons. The smallest absolute Gasteiger partial charge is 0.416 e. The third-order valence-electron chi connectivity index (χ3n) is 6.22. The normalized spacial score (nSPS) is 12.8. The molecule has 0 aliphatic rings. The molecular weight excluding hydrogens is 537 g/mol. The van der Waals surface area contributed by atoms with Crippen molar-refractivity contribution in [1.82, 2.24) is 4.90 Å². The number of methoxy groups -OCH3 is 2. The molecule has 0 bridgehead atoms. The van der Waals surface area contributed by atoms with Gasteiger partial charge in [0, 0.05) is 23.9 Å². The Kier molecular flexibility index (Phi) is 11.5. The quantitative estimate of drug-likeness (QED) is 0.101. The van der Waals surface area contributed by atoms with Crippen LogP contribution >= 0.6 is 0 Å². The first kappa shape index (κ1) is 32.9. The molecule has 0 saturated heterocycles. The summed E-state index contributed by atoms with van der Waals surface area (Å²) in [4.78, 5) is 17.8. The summed E-state index contributed by atoms with van der Waals surface area (Å²) < 4.78 is 51.8. The van der Waals surface area contributed by atoms with Crippen molar-refractivity contribution in [2.45, 2.75) is 33.5 Å². The predicted molar refractivity (Wildman–Crippen MR) is 155 cm³/mol. The van der Waals surface area contributed by atoms with E-state index in [-0.39, 0.29) is 29.2 Å². The van der Waals surface area contributed by atoms with Gasteiger partial charge in [-0.15, -0.1) is 0 Å².